The maximum Gasteiger partial charge on any atom is 0.199 e. The lowest BCUT2D eigenvalue weighted by Crippen LogP contribution is -2.42. The molecule has 3 heteroatoms. The molecule has 0 bridgehead atoms. The van der Waals surface area contributed by atoms with Crippen LogP contribution in [0.25, 0.3) is 0 Å². The topological polar surface area (TPSA) is 37.3 Å². The van der Waals surface area contributed by atoms with Crippen molar-refractivity contribution in [1.29, 1.82) is 0 Å². The van der Waals surface area contributed by atoms with Crippen molar-refractivity contribution in [2.45, 2.75) is 17.7 Å². The van der Waals surface area contributed by atoms with Gasteiger partial charge in [0.25, 0.3) is 0 Å². The second kappa shape index (κ2) is 12.7. The van der Waals surface area contributed by atoms with Crippen LogP contribution < -0.4 is 15.9 Å². The Morgan fingerprint density at radius 2 is 0.860 bits per heavy atom. The highest BCUT2D eigenvalue weighted by molar-refractivity contribution is 7.96. The van der Waals surface area contributed by atoms with E-state index in [1.165, 1.54) is 15.9 Å². The molecule has 0 aliphatic rings. The van der Waals surface area contributed by atoms with Crippen molar-refractivity contribution in [3.63, 3.8) is 0 Å². The third-order valence-corrected chi connectivity index (χ3v) is 13.0. The van der Waals surface area contributed by atoms with E-state index in [4.69, 9.17) is 0 Å². The van der Waals surface area contributed by atoms with Gasteiger partial charge in [0.05, 0.1) is 0 Å². The first-order valence-corrected chi connectivity index (χ1v) is 16.5. The molecule has 2 nitrogen and oxygen atoms in total. The van der Waals surface area contributed by atoms with Gasteiger partial charge in [0, 0.05) is 12.0 Å². The van der Waals surface area contributed by atoms with E-state index in [9.17, 15) is 9.90 Å². The quantitative estimate of drug-likeness (QED) is 0.133. The van der Waals surface area contributed by atoms with Crippen molar-refractivity contribution in [3.8, 4) is 0 Å². The van der Waals surface area contributed by atoms with Gasteiger partial charge in [-0.25, -0.2) is 0 Å². The third kappa shape index (κ3) is 5.48. The van der Waals surface area contributed by atoms with E-state index in [-0.39, 0.29) is 17.9 Å². The highest BCUT2D eigenvalue weighted by Crippen LogP contribution is 2.69. The molecule has 1 N–H and O–H groups in total. The fraction of sp³-hybridized carbons (Fsp3) is 0.0750. The lowest BCUT2D eigenvalue weighted by atomic mass is 9.81. The van der Waals surface area contributed by atoms with Gasteiger partial charge in [0.2, 0.25) is 0 Å². The smallest absolute Gasteiger partial charge is 0.199 e. The summed E-state index contributed by atoms with van der Waals surface area (Å²) < 4.78 is 0. The van der Waals surface area contributed by atoms with Crippen molar-refractivity contribution in [3.05, 3.63) is 199 Å². The molecule has 0 aliphatic heterocycles. The Morgan fingerprint density at radius 3 is 1.28 bits per heavy atom. The molecule has 6 aromatic carbocycles. The average Bonchev–Trinajstić information content (AvgIpc) is 3.10. The monoisotopic (exact) mass is 577 g/mol. The summed E-state index contributed by atoms with van der Waals surface area (Å²) in [5.41, 5.74) is 0.148. The van der Waals surface area contributed by atoms with Crippen molar-refractivity contribution >= 4 is 29.0 Å². The first kappa shape index (κ1) is 28.5. The zero-order chi connectivity index (χ0) is 29.5. The number of ketones is 1. The maximum absolute atomic E-state index is 14.5. The maximum atomic E-state index is 14.5. The van der Waals surface area contributed by atoms with Gasteiger partial charge in [0.15, 0.2) is 11.4 Å². The molecule has 0 saturated heterocycles. The number of hydrogen-bond donors (Lipinski definition) is 1. The van der Waals surface area contributed by atoms with Gasteiger partial charge in [-0.2, -0.15) is 0 Å². The molecule has 0 heterocycles. The fourth-order valence-electron chi connectivity index (χ4n) is 6.29. The number of carbonyl (C=O) groups is 1. The molecule has 0 saturated carbocycles. The number of rotatable bonds is 10. The molecule has 0 amide bonds. The number of aliphatic hydroxyl groups is 1. The Hall–Kier alpha value is -4.62. The summed E-state index contributed by atoms with van der Waals surface area (Å²) in [4.78, 5) is 14.5. The number of benzene rings is 6. The number of Topliss-reactive ketones (excluding diaryl/α,β-unsaturated/α-hetero) is 1. The molecule has 0 unspecified atom stereocenters. The van der Waals surface area contributed by atoms with Gasteiger partial charge in [-0.15, -0.1) is 0 Å². The van der Waals surface area contributed by atoms with Gasteiger partial charge >= 0.3 is 0 Å². The Bertz CT molecular complexity index is 1650. The van der Waals surface area contributed by atoms with Crippen LogP contribution in [0.1, 0.15) is 33.6 Å². The van der Waals surface area contributed by atoms with E-state index in [0.717, 1.165) is 5.56 Å². The van der Waals surface area contributed by atoms with Crippen molar-refractivity contribution in [1.82, 2.24) is 0 Å². The summed E-state index contributed by atoms with van der Waals surface area (Å²) in [6, 6.07) is 61.0. The molecule has 0 radical (unpaired) electrons. The third-order valence-electron chi connectivity index (χ3n) is 8.29. The molecular weight excluding hydrogens is 543 g/mol. The zero-order valence-electron chi connectivity index (χ0n) is 23.9. The van der Waals surface area contributed by atoms with Crippen LogP contribution in [0.5, 0.6) is 0 Å². The summed E-state index contributed by atoms with van der Waals surface area (Å²) in [6.07, 6.45) is 0.196. The molecule has 2 atom stereocenters. The number of carbonyl (C=O) groups excluding carboxylic acids is 1. The predicted octanol–water partition coefficient (Wildman–Crippen LogP) is 7.88. The standard InChI is InChI=1S/C40H34O2P/c41-39(33-21-9-2-10-22-33)40(42,34-23-11-3-12-24-34)31-38(32-19-7-1-8-20-32)43(35-25-13-4-14-26-35,36-27-15-5-16-28-36)37-29-17-6-18-30-37/h1-30,38,42H,31H2/q+1/t38-,40+/m1/s1. The van der Waals surface area contributed by atoms with Gasteiger partial charge in [-0.1, -0.05) is 146 Å². The summed E-state index contributed by atoms with van der Waals surface area (Å²) in [6.45, 7) is 0. The Morgan fingerprint density at radius 1 is 0.512 bits per heavy atom. The normalized spacial score (nSPS) is 13.5. The van der Waals surface area contributed by atoms with E-state index in [0.29, 0.717) is 11.1 Å². The first-order valence-electron chi connectivity index (χ1n) is 14.6. The van der Waals surface area contributed by atoms with Crippen LogP contribution in [0, 0.1) is 0 Å². The van der Waals surface area contributed by atoms with Crippen LogP contribution >= 0.6 is 7.26 Å². The molecule has 210 valence electrons. The molecule has 0 spiro atoms. The Labute approximate surface area is 254 Å². The lowest BCUT2D eigenvalue weighted by Gasteiger charge is -2.39. The van der Waals surface area contributed by atoms with Crippen molar-refractivity contribution in [2.75, 3.05) is 0 Å². The van der Waals surface area contributed by atoms with Crippen LogP contribution in [0.3, 0.4) is 0 Å². The zero-order valence-corrected chi connectivity index (χ0v) is 24.8. The molecular formula is C40H34O2P+. The second-order valence-corrected chi connectivity index (χ2v) is 14.4. The van der Waals surface area contributed by atoms with Gasteiger partial charge < -0.3 is 5.11 Å². The minimum Gasteiger partial charge on any atom is -0.377 e. The Balaban J connectivity index is 1.69. The van der Waals surface area contributed by atoms with Crippen LogP contribution in [-0.4, -0.2) is 10.9 Å². The van der Waals surface area contributed by atoms with Gasteiger partial charge in [-0.05, 0) is 47.5 Å². The second-order valence-electron chi connectivity index (χ2n) is 10.8. The minimum absolute atomic E-state index is 0.196. The molecule has 0 aromatic heterocycles. The van der Waals surface area contributed by atoms with Gasteiger partial charge in [-0.3, -0.25) is 4.79 Å². The van der Waals surface area contributed by atoms with Crippen LogP contribution in [0.2, 0.25) is 0 Å². The Kier molecular flexibility index (Phi) is 8.43. The van der Waals surface area contributed by atoms with E-state index in [2.05, 4.69) is 97.1 Å². The summed E-state index contributed by atoms with van der Waals surface area (Å²) in [7, 11) is -2.55. The van der Waals surface area contributed by atoms with Gasteiger partial charge in [0.1, 0.15) is 28.8 Å². The highest BCUT2D eigenvalue weighted by Gasteiger charge is 2.56. The largest absolute Gasteiger partial charge is 0.377 e. The summed E-state index contributed by atoms with van der Waals surface area (Å²) >= 11 is 0. The predicted molar refractivity (Wildman–Crippen MR) is 180 cm³/mol. The first-order chi connectivity index (χ1) is 21.1. The lowest BCUT2D eigenvalue weighted by molar-refractivity contribution is 0.0246. The van der Waals surface area contributed by atoms with E-state index in [1.54, 1.807) is 12.1 Å². The fourth-order valence-corrected chi connectivity index (χ4v) is 11.4. The van der Waals surface area contributed by atoms with E-state index >= 15 is 0 Å². The van der Waals surface area contributed by atoms with Crippen LogP contribution in [-0.2, 0) is 5.60 Å². The minimum atomic E-state index is -2.55. The summed E-state index contributed by atoms with van der Waals surface area (Å²) in [5, 5.41) is 16.5. The molecule has 0 fully saturated rings. The number of hydrogen-bond acceptors (Lipinski definition) is 2. The van der Waals surface area contributed by atoms with E-state index < -0.39 is 12.9 Å². The van der Waals surface area contributed by atoms with Crippen LogP contribution in [0.15, 0.2) is 182 Å². The summed E-state index contributed by atoms with van der Waals surface area (Å²) in [5.74, 6) is -0.299. The highest BCUT2D eigenvalue weighted by atomic mass is 31.2. The SMILES string of the molecule is O=C(c1ccccc1)[C@](O)(C[C@H](c1ccccc1)[P+](c1ccccc1)(c1ccccc1)c1ccccc1)c1ccccc1. The molecule has 0 aliphatic carbocycles. The van der Waals surface area contributed by atoms with Crippen molar-refractivity contribution < 1.29 is 9.90 Å². The van der Waals surface area contributed by atoms with E-state index in [1.807, 2.05) is 72.8 Å². The molecule has 6 aromatic rings. The molecule has 43 heavy (non-hydrogen) atoms. The average molecular weight is 578 g/mol. The van der Waals surface area contributed by atoms with Crippen molar-refractivity contribution in [2.24, 2.45) is 0 Å². The van der Waals surface area contributed by atoms with Crippen LogP contribution in [0.4, 0.5) is 0 Å². The molecule has 6 rings (SSSR count).